The van der Waals surface area contributed by atoms with Gasteiger partial charge in [-0.25, -0.2) is 4.98 Å². The number of ether oxygens (including phenoxy) is 1. The highest BCUT2D eigenvalue weighted by Crippen LogP contribution is 2.28. The maximum Gasteiger partial charge on any atom is 0.253 e. The van der Waals surface area contributed by atoms with E-state index in [9.17, 15) is 4.79 Å². The predicted molar refractivity (Wildman–Crippen MR) is 88.0 cm³/mol. The third-order valence-electron chi connectivity index (χ3n) is 4.74. The van der Waals surface area contributed by atoms with Crippen molar-refractivity contribution in [1.82, 2.24) is 14.9 Å². The highest BCUT2D eigenvalue weighted by atomic mass is 16.5. The van der Waals surface area contributed by atoms with Gasteiger partial charge >= 0.3 is 0 Å². The van der Waals surface area contributed by atoms with E-state index in [1.807, 2.05) is 4.90 Å². The van der Waals surface area contributed by atoms with Crippen molar-refractivity contribution in [2.45, 2.75) is 32.1 Å². The molecule has 0 radical (unpaired) electrons. The smallest absolute Gasteiger partial charge is 0.253 e. The molecular weight excluding hydrogens is 290 g/mol. The first kappa shape index (κ1) is 14.3. The zero-order valence-electron chi connectivity index (χ0n) is 13.3. The largest absolute Gasteiger partial charge is 0.500 e. The summed E-state index contributed by atoms with van der Waals surface area (Å²) in [5.41, 5.74) is 4.10. The number of aromatic nitrogens is 2. The van der Waals surface area contributed by atoms with E-state index < -0.39 is 0 Å². The number of aromatic amines is 1. The van der Waals surface area contributed by atoms with Crippen molar-refractivity contribution >= 4 is 16.9 Å². The van der Waals surface area contributed by atoms with Gasteiger partial charge in [0.05, 0.1) is 29.5 Å². The van der Waals surface area contributed by atoms with E-state index in [-0.39, 0.29) is 11.8 Å². The SMILES string of the molecule is Cc1ccc2nc(C3CCCN(C(=O)C4=COCC4)C3)[nH]c2c1. The van der Waals surface area contributed by atoms with E-state index >= 15 is 0 Å². The van der Waals surface area contributed by atoms with Crippen LogP contribution in [0.5, 0.6) is 0 Å². The van der Waals surface area contributed by atoms with Crippen molar-refractivity contribution in [3.8, 4) is 0 Å². The Hall–Kier alpha value is -2.30. The molecule has 1 unspecified atom stereocenters. The van der Waals surface area contributed by atoms with Crippen molar-refractivity contribution in [2.24, 2.45) is 0 Å². The average molecular weight is 311 g/mol. The van der Waals surface area contributed by atoms with E-state index in [1.165, 1.54) is 5.56 Å². The van der Waals surface area contributed by atoms with Gasteiger partial charge in [0.1, 0.15) is 5.82 Å². The number of carbonyl (C=O) groups excluding carboxylic acids is 1. The van der Waals surface area contributed by atoms with Gasteiger partial charge in [-0.3, -0.25) is 4.79 Å². The molecule has 1 saturated heterocycles. The maximum atomic E-state index is 12.5. The molecule has 1 N–H and O–H groups in total. The summed E-state index contributed by atoms with van der Waals surface area (Å²) in [6, 6.07) is 6.26. The Labute approximate surface area is 135 Å². The highest BCUT2D eigenvalue weighted by Gasteiger charge is 2.29. The van der Waals surface area contributed by atoms with E-state index in [0.717, 1.165) is 54.8 Å². The van der Waals surface area contributed by atoms with Gasteiger partial charge in [0.25, 0.3) is 5.91 Å². The lowest BCUT2D eigenvalue weighted by molar-refractivity contribution is -0.128. The van der Waals surface area contributed by atoms with Gasteiger partial charge in [-0.05, 0) is 37.5 Å². The third-order valence-corrected chi connectivity index (χ3v) is 4.74. The fraction of sp³-hybridized carbons (Fsp3) is 0.444. The molecular formula is C18H21N3O2. The normalized spacial score (nSPS) is 21.3. The number of rotatable bonds is 2. The molecule has 4 rings (SSSR count). The second kappa shape index (κ2) is 5.72. The number of hydrogen-bond donors (Lipinski definition) is 1. The number of imidazole rings is 1. The van der Waals surface area contributed by atoms with Crippen LogP contribution in [0, 0.1) is 6.92 Å². The summed E-state index contributed by atoms with van der Waals surface area (Å²) >= 11 is 0. The summed E-state index contributed by atoms with van der Waals surface area (Å²) in [4.78, 5) is 22.7. The van der Waals surface area contributed by atoms with Crippen LogP contribution < -0.4 is 0 Å². The molecule has 2 aromatic rings. The van der Waals surface area contributed by atoms with Crippen LogP contribution in [-0.2, 0) is 9.53 Å². The van der Waals surface area contributed by atoms with Gasteiger partial charge in [0.2, 0.25) is 0 Å². The lowest BCUT2D eigenvalue weighted by Gasteiger charge is -2.32. The minimum absolute atomic E-state index is 0.124. The Morgan fingerprint density at radius 2 is 2.35 bits per heavy atom. The number of piperidine rings is 1. The monoisotopic (exact) mass is 311 g/mol. The summed E-state index contributed by atoms with van der Waals surface area (Å²) in [5, 5.41) is 0. The quantitative estimate of drug-likeness (QED) is 0.928. The number of benzene rings is 1. The van der Waals surface area contributed by atoms with Gasteiger partial charge in [-0.2, -0.15) is 0 Å². The molecule has 1 aromatic carbocycles. The molecule has 1 fully saturated rings. The molecule has 1 atom stereocenters. The average Bonchev–Trinajstić information content (AvgIpc) is 3.23. The van der Waals surface area contributed by atoms with Gasteiger partial charge < -0.3 is 14.6 Å². The van der Waals surface area contributed by atoms with E-state index in [2.05, 4.69) is 30.1 Å². The van der Waals surface area contributed by atoms with Crippen LogP contribution in [0.15, 0.2) is 30.0 Å². The molecule has 5 heteroatoms. The van der Waals surface area contributed by atoms with Crippen LogP contribution >= 0.6 is 0 Å². The van der Waals surface area contributed by atoms with Crippen molar-refractivity contribution in [3.63, 3.8) is 0 Å². The molecule has 0 saturated carbocycles. The number of H-pyrrole nitrogens is 1. The molecule has 120 valence electrons. The third kappa shape index (κ3) is 2.71. The lowest BCUT2D eigenvalue weighted by atomic mass is 9.96. The Bertz CT molecular complexity index is 778. The Morgan fingerprint density at radius 1 is 1.43 bits per heavy atom. The number of fused-ring (bicyclic) bond motifs is 1. The van der Waals surface area contributed by atoms with Crippen molar-refractivity contribution in [3.05, 3.63) is 41.4 Å². The van der Waals surface area contributed by atoms with Gasteiger partial charge in [0, 0.05) is 25.4 Å². The van der Waals surface area contributed by atoms with Crippen molar-refractivity contribution < 1.29 is 9.53 Å². The molecule has 1 aromatic heterocycles. The first-order valence-electron chi connectivity index (χ1n) is 8.27. The Balaban J connectivity index is 1.55. The molecule has 0 aliphatic carbocycles. The number of likely N-dealkylation sites (tertiary alicyclic amines) is 1. The van der Waals surface area contributed by atoms with Gasteiger partial charge in [0.15, 0.2) is 0 Å². The second-order valence-electron chi connectivity index (χ2n) is 6.50. The van der Waals surface area contributed by atoms with Gasteiger partial charge in [-0.15, -0.1) is 0 Å². The van der Waals surface area contributed by atoms with Crippen LogP contribution in [0.4, 0.5) is 0 Å². The van der Waals surface area contributed by atoms with Crippen molar-refractivity contribution in [2.75, 3.05) is 19.7 Å². The second-order valence-corrected chi connectivity index (χ2v) is 6.50. The summed E-state index contributed by atoms with van der Waals surface area (Å²) in [5.74, 6) is 1.40. The fourth-order valence-corrected chi connectivity index (χ4v) is 3.47. The number of nitrogens with one attached hydrogen (secondary N) is 1. The standard InChI is InChI=1S/C18H21N3O2/c1-12-4-5-15-16(9-12)20-17(19-15)13-3-2-7-21(10-13)18(22)14-6-8-23-11-14/h4-5,9,11,13H,2-3,6-8,10H2,1H3,(H,19,20). The molecule has 2 aliphatic rings. The number of hydrogen-bond acceptors (Lipinski definition) is 3. The minimum atomic E-state index is 0.124. The van der Waals surface area contributed by atoms with E-state index in [1.54, 1.807) is 6.26 Å². The Kier molecular flexibility index (Phi) is 3.56. The fourth-order valence-electron chi connectivity index (χ4n) is 3.47. The molecule has 0 spiro atoms. The first-order chi connectivity index (χ1) is 11.2. The summed E-state index contributed by atoms with van der Waals surface area (Å²) in [7, 11) is 0. The molecule has 23 heavy (non-hydrogen) atoms. The topological polar surface area (TPSA) is 58.2 Å². The van der Waals surface area contributed by atoms with Crippen LogP contribution in [0.25, 0.3) is 11.0 Å². The van der Waals surface area contributed by atoms with Crippen LogP contribution in [0.2, 0.25) is 0 Å². The molecule has 3 heterocycles. The van der Waals surface area contributed by atoms with E-state index in [4.69, 9.17) is 9.72 Å². The highest BCUT2D eigenvalue weighted by molar-refractivity contribution is 5.93. The Morgan fingerprint density at radius 3 is 3.17 bits per heavy atom. The van der Waals surface area contributed by atoms with E-state index in [0.29, 0.717) is 6.61 Å². The summed E-state index contributed by atoms with van der Waals surface area (Å²) in [6.45, 7) is 4.26. The van der Waals surface area contributed by atoms with Crippen LogP contribution in [0.3, 0.4) is 0 Å². The summed E-state index contributed by atoms with van der Waals surface area (Å²) < 4.78 is 5.20. The molecule has 2 aliphatic heterocycles. The van der Waals surface area contributed by atoms with Gasteiger partial charge in [-0.1, -0.05) is 6.07 Å². The summed E-state index contributed by atoms with van der Waals surface area (Å²) in [6.07, 6.45) is 4.43. The zero-order chi connectivity index (χ0) is 15.8. The van der Waals surface area contributed by atoms with Crippen LogP contribution in [0.1, 0.15) is 36.6 Å². The van der Waals surface area contributed by atoms with Crippen molar-refractivity contribution in [1.29, 1.82) is 0 Å². The van der Waals surface area contributed by atoms with Crippen LogP contribution in [-0.4, -0.2) is 40.5 Å². The number of carbonyl (C=O) groups is 1. The number of aryl methyl sites for hydroxylation is 1. The molecule has 1 amide bonds. The number of amides is 1. The zero-order valence-corrected chi connectivity index (χ0v) is 13.3. The predicted octanol–water partition coefficient (Wildman–Crippen LogP) is 2.88. The maximum absolute atomic E-state index is 12.5. The molecule has 5 nitrogen and oxygen atoms in total. The minimum Gasteiger partial charge on any atom is -0.500 e. The number of nitrogens with zero attached hydrogens (tertiary/aromatic N) is 2. The molecule has 0 bridgehead atoms. The first-order valence-corrected chi connectivity index (χ1v) is 8.27. The lowest BCUT2D eigenvalue weighted by Crippen LogP contribution is -2.40.